The second kappa shape index (κ2) is 9.37. The lowest BCUT2D eigenvalue weighted by atomic mass is 10.0. The van der Waals surface area contributed by atoms with Crippen LogP contribution in [0.15, 0.2) is 82.0 Å². The van der Waals surface area contributed by atoms with Crippen molar-refractivity contribution in [1.82, 2.24) is 0 Å². The molecule has 0 spiro atoms. The monoisotopic (exact) mass is 459 g/mol. The lowest BCUT2D eigenvalue weighted by Crippen LogP contribution is -2.13. The van der Waals surface area contributed by atoms with Gasteiger partial charge in [0, 0.05) is 11.1 Å². The van der Waals surface area contributed by atoms with Crippen LogP contribution in [0.3, 0.4) is 0 Å². The number of fused-ring (bicyclic) bond motifs is 1. The van der Waals surface area contributed by atoms with E-state index in [1.165, 1.54) is 36.4 Å². The van der Waals surface area contributed by atoms with Crippen molar-refractivity contribution in [3.8, 4) is 11.3 Å². The molecule has 34 heavy (non-hydrogen) atoms. The number of hydrogen-bond donors (Lipinski definition) is 1. The number of hydrogen-bond acceptors (Lipinski definition) is 7. The summed E-state index contributed by atoms with van der Waals surface area (Å²) in [7, 11) is 0. The first kappa shape index (κ1) is 22.4. The van der Waals surface area contributed by atoms with Crippen LogP contribution in [0.4, 0.5) is 5.69 Å². The van der Waals surface area contributed by atoms with Crippen molar-refractivity contribution in [2.24, 2.45) is 0 Å². The molecule has 1 heterocycles. The summed E-state index contributed by atoms with van der Waals surface area (Å²) in [6, 6.07) is 19.0. The molecule has 0 saturated heterocycles. The van der Waals surface area contributed by atoms with E-state index in [9.17, 15) is 29.6 Å². The number of esters is 1. The van der Waals surface area contributed by atoms with Gasteiger partial charge in [0.05, 0.1) is 22.3 Å². The van der Waals surface area contributed by atoms with E-state index >= 15 is 0 Å². The topological polar surface area (TPSA) is 137 Å². The van der Waals surface area contributed by atoms with Crippen LogP contribution in [-0.2, 0) is 22.6 Å². The van der Waals surface area contributed by atoms with Gasteiger partial charge in [0.15, 0.2) is 0 Å². The Bertz CT molecular complexity index is 1470. The molecule has 4 aromatic rings. The average molecular weight is 459 g/mol. The van der Waals surface area contributed by atoms with Gasteiger partial charge in [0.25, 0.3) is 5.43 Å². The largest absolute Gasteiger partial charge is 0.481 e. The Labute approximate surface area is 192 Å². The first-order chi connectivity index (χ1) is 16.4. The van der Waals surface area contributed by atoms with Crippen LogP contribution in [0.5, 0.6) is 0 Å². The van der Waals surface area contributed by atoms with Gasteiger partial charge in [0.2, 0.25) is 5.76 Å². The van der Waals surface area contributed by atoms with Crippen molar-refractivity contribution in [2.75, 3.05) is 0 Å². The number of carbonyl (C=O) groups is 2. The second-order valence-corrected chi connectivity index (χ2v) is 7.34. The van der Waals surface area contributed by atoms with Gasteiger partial charge in [-0.05, 0) is 17.7 Å². The molecule has 4 rings (SSSR count). The Morgan fingerprint density at radius 2 is 1.68 bits per heavy atom. The minimum atomic E-state index is -1.17. The first-order valence-electron chi connectivity index (χ1n) is 10.1. The van der Waals surface area contributed by atoms with Gasteiger partial charge >= 0.3 is 17.6 Å². The molecule has 1 aromatic heterocycles. The van der Waals surface area contributed by atoms with E-state index in [1.54, 1.807) is 30.3 Å². The number of benzene rings is 3. The molecule has 170 valence electrons. The van der Waals surface area contributed by atoms with E-state index in [1.807, 2.05) is 6.07 Å². The van der Waals surface area contributed by atoms with Crippen LogP contribution in [0.1, 0.15) is 21.5 Å². The fourth-order valence-corrected chi connectivity index (χ4v) is 3.58. The third-order valence-electron chi connectivity index (χ3n) is 5.10. The number of nitro groups is 1. The maximum absolute atomic E-state index is 13.0. The third kappa shape index (κ3) is 4.40. The van der Waals surface area contributed by atoms with E-state index in [0.29, 0.717) is 0 Å². The highest BCUT2D eigenvalue weighted by Crippen LogP contribution is 2.34. The standard InChI is InChI=1S/C25H17NO8/c27-20(28)13-16-9-6-12-19-22(29)21(26(31)32)24(34-23(16)19)17-10-4-5-11-18(17)25(30)33-14-15-7-2-1-3-8-15/h1-12H,13-14H2,(H,27,28). The number of carbonyl (C=O) groups excluding carboxylic acids is 1. The molecule has 9 heteroatoms. The van der Waals surface area contributed by atoms with Crippen molar-refractivity contribution in [3.63, 3.8) is 0 Å². The van der Waals surface area contributed by atoms with Crippen molar-refractivity contribution in [3.05, 3.63) is 110 Å². The number of rotatable bonds is 7. The number of para-hydroxylation sites is 1. The zero-order valence-corrected chi connectivity index (χ0v) is 17.6. The van der Waals surface area contributed by atoms with Crippen LogP contribution in [0.2, 0.25) is 0 Å². The molecule has 0 aliphatic carbocycles. The highest BCUT2D eigenvalue weighted by atomic mass is 16.6. The first-order valence-corrected chi connectivity index (χ1v) is 10.1. The van der Waals surface area contributed by atoms with E-state index in [0.717, 1.165) is 5.56 Å². The molecule has 3 aromatic carbocycles. The van der Waals surface area contributed by atoms with Crippen LogP contribution >= 0.6 is 0 Å². The summed E-state index contributed by atoms with van der Waals surface area (Å²) in [6.07, 6.45) is -0.460. The molecule has 0 unspecified atom stereocenters. The summed E-state index contributed by atoms with van der Waals surface area (Å²) in [6.45, 7) is -0.0273. The molecule has 0 radical (unpaired) electrons. The number of carboxylic acid groups (broad SMARTS) is 1. The Morgan fingerprint density at radius 1 is 0.971 bits per heavy atom. The number of nitrogens with zero attached hydrogens (tertiary/aromatic N) is 1. The summed E-state index contributed by atoms with van der Waals surface area (Å²) in [5, 5.41) is 20.9. The van der Waals surface area contributed by atoms with Gasteiger partial charge in [-0.2, -0.15) is 0 Å². The smallest absolute Gasteiger partial charge is 0.359 e. The molecular formula is C25H17NO8. The predicted molar refractivity (Wildman–Crippen MR) is 121 cm³/mol. The molecule has 0 fully saturated rings. The Balaban J connectivity index is 1.87. The van der Waals surface area contributed by atoms with Gasteiger partial charge < -0.3 is 14.3 Å². The highest BCUT2D eigenvalue weighted by Gasteiger charge is 2.29. The number of ether oxygens (including phenoxy) is 1. The van der Waals surface area contributed by atoms with Crippen molar-refractivity contribution in [1.29, 1.82) is 0 Å². The molecule has 0 amide bonds. The van der Waals surface area contributed by atoms with Crippen molar-refractivity contribution in [2.45, 2.75) is 13.0 Å². The molecule has 9 nitrogen and oxygen atoms in total. The Hall–Kier alpha value is -4.79. The van der Waals surface area contributed by atoms with Gasteiger partial charge in [-0.1, -0.05) is 60.7 Å². The summed E-state index contributed by atoms with van der Waals surface area (Å²) in [4.78, 5) is 48.1. The number of aliphatic carboxylic acids is 1. The van der Waals surface area contributed by atoms with Gasteiger partial charge in [-0.15, -0.1) is 0 Å². The van der Waals surface area contributed by atoms with Crippen LogP contribution in [-0.4, -0.2) is 22.0 Å². The lowest BCUT2D eigenvalue weighted by molar-refractivity contribution is -0.386. The van der Waals surface area contributed by atoms with Gasteiger partial charge in [-0.3, -0.25) is 19.7 Å². The van der Waals surface area contributed by atoms with Gasteiger partial charge in [0.1, 0.15) is 12.2 Å². The molecular weight excluding hydrogens is 442 g/mol. The van der Waals surface area contributed by atoms with E-state index < -0.39 is 40.2 Å². The lowest BCUT2D eigenvalue weighted by Gasteiger charge is -2.11. The SMILES string of the molecule is O=C(O)Cc1cccc2c(=O)c([N+](=O)[O-])c(-c3ccccc3C(=O)OCc3ccccc3)oc12. The summed E-state index contributed by atoms with van der Waals surface area (Å²) < 4.78 is 11.2. The molecule has 1 N–H and O–H groups in total. The van der Waals surface area contributed by atoms with E-state index in [-0.39, 0.29) is 34.3 Å². The molecule has 0 aliphatic heterocycles. The highest BCUT2D eigenvalue weighted by molar-refractivity contribution is 5.98. The Morgan fingerprint density at radius 3 is 2.38 bits per heavy atom. The predicted octanol–water partition coefficient (Wildman–Crippen LogP) is 4.35. The third-order valence-corrected chi connectivity index (χ3v) is 5.10. The Kier molecular flexibility index (Phi) is 6.18. The summed E-state index contributed by atoms with van der Waals surface area (Å²) in [5.41, 5.74) is -1.04. The van der Waals surface area contributed by atoms with Crippen LogP contribution in [0, 0.1) is 10.1 Å². The quantitative estimate of drug-likeness (QED) is 0.245. The van der Waals surface area contributed by atoms with Crippen molar-refractivity contribution >= 4 is 28.6 Å². The van der Waals surface area contributed by atoms with Crippen LogP contribution in [0.25, 0.3) is 22.3 Å². The molecule has 0 aliphatic rings. The van der Waals surface area contributed by atoms with Crippen molar-refractivity contribution < 1.29 is 28.8 Å². The van der Waals surface area contributed by atoms with Gasteiger partial charge in [-0.25, -0.2) is 4.79 Å². The van der Waals surface area contributed by atoms with E-state index in [2.05, 4.69) is 0 Å². The minimum absolute atomic E-state index is 0.0172. The fourth-order valence-electron chi connectivity index (χ4n) is 3.58. The van der Waals surface area contributed by atoms with E-state index in [4.69, 9.17) is 9.15 Å². The normalized spacial score (nSPS) is 10.7. The summed E-state index contributed by atoms with van der Waals surface area (Å²) in [5.74, 6) is -2.39. The zero-order valence-electron chi connectivity index (χ0n) is 17.6. The maximum Gasteiger partial charge on any atom is 0.359 e. The number of carboxylic acids is 1. The molecule has 0 saturated carbocycles. The average Bonchev–Trinajstić information content (AvgIpc) is 2.83. The molecule has 0 bridgehead atoms. The fraction of sp³-hybridized carbons (Fsp3) is 0.0800. The summed E-state index contributed by atoms with van der Waals surface area (Å²) >= 11 is 0. The minimum Gasteiger partial charge on any atom is -0.481 e. The second-order valence-electron chi connectivity index (χ2n) is 7.34. The maximum atomic E-state index is 13.0. The van der Waals surface area contributed by atoms with Crippen LogP contribution < -0.4 is 5.43 Å². The molecule has 0 atom stereocenters. The zero-order chi connectivity index (χ0) is 24.2.